The lowest BCUT2D eigenvalue weighted by atomic mass is 10.0. The summed E-state index contributed by atoms with van der Waals surface area (Å²) in [5, 5.41) is 0.140. The highest BCUT2D eigenvalue weighted by atomic mass is 32.2. The molecule has 1 aliphatic rings. The average molecular weight is 250 g/mol. The van der Waals surface area contributed by atoms with Gasteiger partial charge in [0.1, 0.15) is 5.75 Å². The SMILES string of the molecule is CCCOc1ccccc1C(=O)C1CCCS1. The van der Waals surface area contributed by atoms with Crippen LogP contribution in [0.5, 0.6) is 5.75 Å². The number of carbonyl (C=O) groups excluding carboxylic acids is 1. The molecule has 1 aromatic rings. The lowest BCUT2D eigenvalue weighted by Gasteiger charge is -2.12. The van der Waals surface area contributed by atoms with Crippen LogP contribution in [0.4, 0.5) is 0 Å². The van der Waals surface area contributed by atoms with Crippen LogP contribution >= 0.6 is 11.8 Å². The second-order valence-corrected chi connectivity index (χ2v) is 5.52. The molecule has 0 aliphatic carbocycles. The maximum atomic E-state index is 12.3. The number of hydrogen-bond donors (Lipinski definition) is 0. The molecule has 1 saturated heterocycles. The van der Waals surface area contributed by atoms with Gasteiger partial charge < -0.3 is 4.74 Å². The number of Topliss-reactive ketones (excluding diaryl/α,β-unsaturated/α-hetero) is 1. The summed E-state index contributed by atoms with van der Waals surface area (Å²) in [4.78, 5) is 12.3. The number of ketones is 1. The molecule has 0 N–H and O–H groups in total. The molecule has 1 unspecified atom stereocenters. The number of rotatable bonds is 5. The maximum Gasteiger partial charge on any atom is 0.179 e. The molecule has 0 amide bonds. The van der Waals surface area contributed by atoms with Gasteiger partial charge in [-0.2, -0.15) is 11.8 Å². The Morgan fingerprint density at radius 2 is 2.29 bits per heavy atom. The van der Waals surface area contributed by atoms with Crippen LogP contribution in [0, 0.1) is 0 Å². The van der Waals surface area contributed by atoms with Crippen molar-refractivity contribution in [2.75, 3.05) is 12.4 Å². The van der Waals surface area contributed by atoms with E-state index in [4.69, 9.17) is 4.74 Å². The summed E-state index contributed by atoms with van der Waals surface area (Å²) in [6, 6.07) is 7.60. The first kappa shape index (κ1) is 12.5. The topological polar surface area (TPSA) is 26.3 Å². The maximum absolute atomic E-state index is 12.3. The summed E-state index contributed by atoms with van der Waals surface area (Å²) in [5.74, 6) is 2.08. The van der Waals surface area contributed by atoms with Gasteiger partial charge in [0.05, 0.1) is 17.4 Å². The zero-order valence-corrected chi connectivity index (χ0v) is 11.0. The van der Waals surface area contributed by atoms with Gasteiger partial charge in [0.25, 0.3) is 0 Å². The van der Waals surface area contributed by atoms with Crippen molar-refractivity contribution in [3.05, 3.63) is 29.8 Å². The highest BCUT2D eigenvalue weighted by molar-refractivity contribution is 8.00. The Hall–Kier alpha value is -0.960. The Balaban J connectivity index is 2.15. The molecule has 92 valence electrons. The first-order chi connectivity index (χ1) is 8.33. The van der Waals surface area contributed by atoms with E-state index in [0.717, 1.165) is 36.3 Å². The minimum absolute atomic E-state index is 0.140. The van der Waals surface area contributed by atoms with Gasteiger partial charge in [0, 0.05) is 0 Å². The smallest absolute Gasteiger partial charge is 0.179 e. The van der Waals surface area contributed by atoms with Crippen LogP contribution in [0.3, 0.4) is 0 Å². The van der Waals surface area contributed by atoms with Crippen molar-refractivity contribution in [2.24, 2.45) is 0 Å². The highest BCUT2D eigenvalue weighted by Gasteiger charge is 2.26. The third-order valence-corrected chi connectivity index (χ3v) is 4.21. The Morgan fingerprint density at radius 1 is 1.47 bits per heavy atom. The van der Waals surface area contributed by atoms with Crippen LogP contribution in [0.1, 0.15) is 36.5 Å². The predicted octanol–water partition coefficient (Wildman–Crippen LogP) is 3.55. The van der Waals surface area contributed by atoms with Crippen LogP contribution in [0.15, 0.2) is 24.3 Å². The van der Waals surface area contributed by atoms with E-state index in [1.54, 1.807) is 11.8 Å². The van der Waals surface area contributed by atoms with Gasteiger partial charge >= 0.3 is 0 Å². The largest absolute Gasteiger partial charge is 0.493 e. The molecular weight excluding hydrogens is 232 g/mol. The van der Waals surface area contributed by atoms with Crippen molar-refractivity contribution in [3.63, 3.8) is 0 Å². The van der Waals surface area contributed by atoms with Crippen LogP contribution < -0.4 is 4.74 Å². The lowest BCUT2D eigenvalue weighted by Crippen LogP contribution is -2.15. The third kappa shape index (κ3) is 3.03. The van der Waals surface area contributed by atoms with Crippen LogP contribution in [0.2, 0.25) is 0 Å². The monoisotopic (exact) mass is 250 g/mol. The van der Waals surface area contributed by atoms with Crippen molar-refractivity contribution in [2.45, 2.75) is 31.4 Å². The van der Waals surface area contributed by atoms with Crippen molar-refractivity contribution in [1.82, 2.24) is 0 Å². The molecule has 1 fully saturated rings. The van der Waals surface area contributed by atoms with Gasteiger partial charge in [-0.15, -0.1) is 0 Å². The minimum Gasteiger partial charge on any atom is -0.493 e. The molecule has 0 spiro atoms. The summed E-state index contributed by atoms with van der Waals surface area (Å²) >= 11 is 1.77. The Kier molecular flexibility index (Phi) is 4.49. The Bertz CT molecular complexity index is 384. The number of hydrogen-bond acceptors (Lipinski definition) is 3. The van der Waals surface area contributed by atoms with Crippen molar-refractivity contribution < 1.29 is 9.53 Å². The Labute approximate surface area is 107 Å². The second-order valence-electron chi connectivity index (χ2n) is 4.21. The fraction of sp³-hybridized carbons (Fsp3) is 0.500. The minimum atomic E-state index is 0.140. The Morgan fingerprint density at radius 3 is 3.00 bits per heavy atom. The fourth-order valence-corrected chi connectivity index (χ4v) is 3.20. The van der Waals surface area contributed by atoms with Crippen molar-refractivity contribution in [1.29, 1.82) is 0 Å². The molecule has 0 radical (unpaired) electrons. The van der Waals surface area contributed by atoms with Crippen LogP contribution in [0.25, 0.3) is 0 Å². The zero-order chi connectivity index (χ0) is 12.1. The van der Waals surface area contributed by atoms with Gasteiger partial charge in [-0.05, 0) is 37.1 Å². The van der Waals surface area contributed by atoms with E-state index < -0.39 is 0 Å². The van der Waals surface area contributed by atoms with E-state index in [0.29, 0.717) is 6.61 Å². The molecule has 0 bridgehead atoms. The number of carbonyl (C=O) groups is 1. The fourth-order valence-electron chi connectivity index (χ4n) is 1.97. The quantitative estimate of drug-likeness (QED) is 0.747. The van der Waals surface area contributed by atoms with Gasteiger partial charge in [0.15, 0.2) is 5.78 Å². The normalized spacial score (nSPS) is 19.2. The summed E-state index contributed by atoms with van der Waals surface area (Å²) in [5.41, 5.74) is 0.750. The third-order valence-electron chi connectivity index (χ3n) is 2.84. The first-order valence-electron chi connectivity index (χ1n) is 6.20. The van der Waals surface area contributed by atoms with E-state index in [2.05, 4.69) is 6.92 Å². The van der Waals surface area contributed by atoms with E-state index in [1.807, 2.05) is 24.3 Å². The van der Waals surface area contributed by atoms with E-state index in [9.17, 15) is 4.79 Å². The van der Waals surface area contributed by atoms with Crippen LogP contribution in [-0.2, 0) is 0 Å². The standard InChI is InChI=1S/C14H18O2S/c1-2-9-16-12-7-4-3-6-11(12)14(15)13-8-5-10-17-13/h3-4,6-7,13H,2,5,8-10H2,1H3. The van der Waals surface area contributed by atoms with Gasteiger partial charge in [-0.3, -0.25) is 4.79 Å². The number of thioether (sulfide) groups is 1. The molecule has 1 aromatic carbocycles. The molecule has 0 aromatic heterocycles. The van der Waals surface area contributed by atoms with Gasteiger partial charge in [-0.25, -0.2) is 0 Å². The van der Waals surface area contributed by atoms with Crippen LogP contribution in [-0.4, -0.2) is 23.4 Å². The molecule has 2 nitrogen and oxygen atoms in total. The predicted molar refractivity (Wildman–Crippen MR) is 72.0 cm³/mol. The molecule has 0 saturated carbocycles. The summed E-state index contributed by atoms with van der Waals surface area (Å²) in [6.45, 7) is 2.74. The van der Waals surface area contributed by atoms with E-state index >= 15 is 0 Å². The zero-order valence-electron chi connectivity index (χ0n) is 10.1. The summed E-state index contributed by atoms with van der Waals surface area (Å²) < 4.78 is 5.64. The molecule has 1 atom stereocenters. The molecule has 3 heteroatoms. The van der Waals surface area contributed by atoms with Crippen molar-refractivity contribution >= 4 is 17.5 Å². The number of ether oxygens (including phenoxy) is 1. The first-order valence-corrected chi connectivity index (χ1v) is 7.25. The summed E-state index contributed by atoms with van der Waals surface area (Å²) in [6.07, 6.45) is 3.12. The highest BCUT2D eigenvalue weighted by Crippen LogP contribution is 2.31. The second kappa shape index (κ2) is 6.10. The van der Waals surface area contributed by atoms with E-state index in [-0.39, 0.29) is 11.0 Å². The molecule has 1 heterocycles. The number of benzene rings is 1. The molecule has 1 aliphatic heterocycles. The summed E-state index contributed by atoms with van der Waals surface area (Å²) in [7, 11) is 0. The van der Waals surface area contributed by atoms with Crippen molar-refractivity contribution in [3.8, 4) is 5.75 Å². The van der Waals surface area contributed by atoms with E-state index in [1.165, 1.54) is 0 Å². The average Bonchev–Trinajstić information content (AvgIpc) is 2.89. The number of para-hydroxylation sites is 1. The molecule has 17 heavy (non-hydrogen) atoms. The molecular formula is C14H18O2S. The molecule has 2 rings (SSSR count). The lowest BCUT2D eigenvalue weighted by molar-refractivity contribution is 0.0984. The van der Waals surface area contributed by atoms with Gasteiger partial charge in [0.2, 0.25) is 0 Å². The van der Waals surface area contributed by atoms with Gasteiger partial charge in [-0.1, -0.05) is 19.1 Å².